The standard InChI is InChI=1S/C14H23N3O/c1-11-10-15-16-14(12(11)2)17(3)8-4-6-13-7-5-9-18-13/h10,13H,4-9H2,1-3H3. The Kier molecular flexibility index (Phi) is 4.53. The molecule has 1 saturated heterocycles. The van der Waals surface area contributed by atoms with E-state index in [0.29, 0.717) is 6.10 Å². The van der Waals surface area contributed by atoms with Crippen LogP contribution in [-0.4, -0.2) is 36.5 Å². The van der Waals surface area contributed by atoms with Crippen LogP contribution in [0.1, 0.15) is 36.8 Å². The Bertz CT molecular complexity index is 389. The number of aryl methyl sites for hydroxylation is 1. The average molecular weight is 249 g/mol. The summed E-state index contributed by atoms with van der Waals surface area (Å²) in [7, 11) is 2.09. The largest absolute Gasteiger partial charge is 0.378 e. The number of rotatable bonds is 5. The zero-order valence-corrected chi connectivity index (χ0v) is 11.6. The van der Waals surface area contributed by atoms with E-state index >= 15 is 0 Å². The van der Waals surface area contributed by atoms with Gasteiger partial charge in [0.2, 0.25) is 0 Å². The van der Waals surface area contributed by atoms with Gasteiger partial charge < -0.3 is 9.64 Å². The molecule has 1 aromatic heterocycles. The topological polar surface area (TPSA) is 38.2 Å². The van der Waals surface area contributed by atoms with Crippen LogP contribution in [0, 0.1) is 13.8 Å². The molecular weight excluding hydrogens is 226 g/mol. The lowest BCUT2D eigenvalue weighted by molar-refractivity contribution is 0.103. The van der Waals surface area contributed by atoms with Crippen molar-refractivity contribution in [3.8, 4) is 0 Å². The Hall–Kier alpha value is -1.16. The van der Waals surface area contributed by atoms with Gasteiger partial charge in [-0.1, -0.05) is 0 Å². The van der Waals surface area contributed by atoms with Gasteiger partial charge in [-0.05, 0) is 50.7 Å². The SMILES string of the molecule is Cc1cnnc(N(C)CCCC2CCCO2)c1C. The fourth-order valence-electron chi connectivity index (χ4n) is 2.42. The molecule has 4 heteroatoms. The summed E-state index contributed by atoms with van der Waals surface area (Å²) in [6.07, 6.45) is 7.07. The van der Waals surface area contributed by atoms with Crippen molar-refractivity contribution < 1.29 is 4.74 Å². The van der Waals surface area contributed by atoms with E-state index in [1.165, 1.54) is 24.0 Å². The molecule has 0 spiro atoms. The summed E-state index contributed by atoms with van der Waals surface area (Å²) < 4.78 is 5.64. The smallest absolute Gasteiger partial charge is 0.154 e. The summed E-state index contributed by atoms with van der Waals surface area (Å²) in [5.41, 5.74) is 2.43. The summed E-state index contributed by atoms with van der Waals surface area (Å²) in [5, 5.41) is 8.27. The molecule has 0 bridgehead atoms. The van der Waals surface area contributed by atoms with Gasteiger partial charge in [-0.25, -0.2) is 0 Å². The van der Waals surface area contributed by atoms with Gasteiger partial charge in [0, 0.05) is 20.2 Å². The van der Waals surface area contributed by atoms with Crippen LogP contribution in [0.5, 0.6) is 0 Å². The fraction of sp³-hybridized carbons (Fsp3) is 0.714. The highest BCUT2D eigenvalue weighted by Crippen LogP contribution is 2.20. The number of hydrogen-bond acceptors (Lipinski definition) is 4. The highest BCUT2D eigenvalue weighted by molar-refractivity contribution is 5.47. The molecule has 2 rings (SSSR count). The number of nitrogens with zero attached hydrogens (tertiary/aromatic N) is 3. The molecule has 0 aliphatic carbocycles. The van der Waals surface area contributed by atoms with Crippen molar-refractivity contribution in [1.29, 1.82) is 0 Å². The van der Waals surface area contributed by atoms with Crippen molar-refractivity contribution in [2.45, 2.75) is 45.6 Å². The second-order valence-electron chi connectivity index (χ2n) is 5.18. The molecule has 0 amide bonds. The predicted molar refractivity (Wildman–Crippen MR) is 73.0 cm³/mol. The van der Waals surface area contributed by atoms with Crippen molar-refractivity contribution >= 4 is 5.82 Å². The summed E-state index contributed by atoms with van der Waals surface area (Å²) in [6.45, 7) is 6.14. The maximum atomic E-state index is 5.64. The molecule has 1 atom stereocenters. The maximum Gasteiger partial charge on any atom is 0.154 e. The first-order valence-electron chi connectivity index (χ1n) is 6.80. The summed E-state index contributed by atoms with van der Waals surface area (Å²) in [6, 6.07) is 0. The molecule has 18 heavy (non-hydrogen) atoms. The quantitative estimate of drug-likeness (QED) is 0.803. The fourth-order valence-corrected chi connectivity index (χ4v) is 2.42. The minimum Gasteiger partial charge on any atom is -0.378 e. The maximum absolute atomic E-state index is 5.64. The van der Waals surface area contributed by atoms with Gasteiger partial charge in [-0.15, -0.1) is 5.10 Å². The lowest BCUT2D eigenvalue weighted by Gasteiger charge is -2.20. The Labute approximate surface area is 109 Å². The lowest BCUT2D eigenvalue weighted by Crippen LogP contribution is -2.22. The van der Waals surface area contributed by atoms with Crippen LogP contribution < -0.4 is 4.90 Å². The van der Waals surface area contributed by atoms with E-state index in [1.807, 2.05) is 6.20 Å². The van der Waals surface area contributed by atoms with Crippen LogP contribution in [0.3, 0.4) is 0 Å². The van der Waals surface area contributed by atoms with Crippen LogP contribution >= 0.6 is 0 Å². The van der Waals surface area contributed by atoms with Gasteiger partial charge in [-0.2, -0.15) is 5.10 Å². The molecule has 1 fully saturated rings. The highest BCUT2D eigenvalue weighted by Gasteiger charge is 2.15. The van der Waals surface area contributed by atoms with Crippen LogP contribution in [-0.2, 0) is 4.74 Å². The molecule has 1 aromatic rings. The second-order valence-corrected chi connectivity index (χ2v) is 5.18. The Morgan fingerprint density at radius 2 is 2.28 bits per heavy atom. The van der Waals surface area contributed by atoms with Crippen LogP contribution in [0.25, 0.3) is 0 Å². The van der Waals surface area contributed by atoms with Gasteiger partial charge in [0.15, 0.2) is 5.82 Å². The van der Waals surface area contributed by atoms with E-state index in [0.717, 1.165) is 31.8 Å². The number of anilines is 1. The van der Waals surface area contributed by atoms with Gasteiger partial charge >= 0.3 is 0 Å². The molecule has 100 valence electrons. The normalized spacial score (nSPS) is 19.2. The molecule has 1 aliphatic rings. The highest BCUT2D eigenvalue weighted by atomic mass is 16.5. The van der Waals surface area contributed by atoms with Crippen molar-refractivity contribution in [2.24, 2.45) is 0 Å². The molecule has 4 nitrogen and oxygen atoms in total. The summed E-state index contributed by atoms with van der Waals surface area (Å²) >= 11 is 0. The lowest BCUT2D eigenvalue weighted by atomic mass is 10.1. The van der Waals surface area contributed by atoms with Crippen LogP contribution in [0.15, 0.2) is 6.20 Å². The Morgan fingerprint density at radius 1 is 1.44 bits per heavy atom. The molecule has 0 N–H and O–H groups in total. The third-order valence-electron chi connectivity index (χ3n) is 3.74. The molecule has 0 aromatic carbocycles. The van der Waals surface area contributed by atoms with E-state index in [-0.39, 0.29) is 0 Å². The van der Waals surface area contributed by atoms with Gasteiger partial charge in [0.1, 0.15) is 0 Å². The van der Waals surface area contributed by atoms with E-state index in [1.54, 1.807) is 0 Å². The number of hydrogen-bond donors (Lipinski definition) is 0. The first-order valence-corrected chi connectivity index (χ1v) is 6.80. The van der Waals surface area contributed by atoms with Gasteiger partial charge in [-0.3, -0.25) is 0 Å². The molecule has 0 saturated carbocycles. The Morgan fingerprint density at radius 3 is 3.00 bits per heavy atom. The number of ether oxygens (including phenoxy) is 1. The van der Waals surface area contributed by atoms with Crippen molar-refractivity contribution in [3.63, 3.8) is 0 Å². The van der Waals surface area contributed by atoms with Crippen molar-refractivity contribution in [1.82, 2.24) is 10.2 Å². The van der Waals surface area contributed by atoms with Crippen LogP contribution in [0.4, 0.5) is 5.82 Å². The van der Waals surface area contributed by atoms with E-state index in [4.69, 9.17) is 4.74 Å². The number of aromatic nitrogens is 2. The predicted octanol–water partition coefficient (Wildman–Crippen LogP) is 2.49. The first-order chi connectivity index (χ1) is 8.68. The van der Waals surface area contributed by atoms with Crippen molar-refractivity contribution in [2.75, 3.05) is 25.1 Å². The first kappa shape index (κ1) is 13.3. The second kappa shape index (κ2) is 6.14. The average Bonchev–Trinajstić information content (AvgIpc) is 2.85. The molecule has 2 heterocycles. The Balaban J connectivity index is 1.83. The summed E-state index contributed by atoms with van der Waals surface area (Å²) in [4.78, 5) is 2.20. The van der Waals surface area contributed by atoms with E-state index in [2.05, 4.69) is 36.0 Å². The molecule has 1 unspecified atom stereocenters. The van der Waals surface area contributed by atoms with Gasteiger partial charge in [0.05, 0.1) is 12.3 Å². The van der Waals surface area contributed by atoms with Gasteiger partial charge in [0.25, 0.3) is 0 Å². The van der Waals surface area contributed by atoms with Crippen molar-refractivity contribution in [3.05, 3.63) is 17.3 Å². The molecular formula is C14H23N3O. The third kappa shape index (κ3) is 3.19. The monoisotopic (exact) mass is 249 g/mol. The molecule has 0 radical (unpaired) electrons. The minimum atomic E-state index is 0.489. The molecule has 1 aliphatic heterocycles. The minimum absolute atomic E-state index is 0.489. The third-order valence-corrected chi connectivity index (χ3v) is 3.74. The summed E-state index contributed by atoms with van der Waals surface area (Å²) in [5.74, 6) is 1.00. The zero-order valence-electron chi connectivity index (χ0n) is 11.6. The van der Waals surface area contributed by atoms with Crippen LogP contribution in [0.2, 0.25) is 0 Å². The van der Waals surface area contributed by atoms with E-state index < -0.39 is 0 Å². The van der Waals surface area contributed by atoms with E-state index in [9.17, 15) is 0 Å². The zero-order chi connectivity index (χ0) is 13.0.